The highest BCUT2D eigenvalue weighted by molar-refractivity contribution is 5.69. The lowest BCUT2D eigenvalue weighted by atomic mass is 10.1. The fraction of sp³-hybridized carbons (Fsp3) is 0.176. The molecule has 0 unspecified atom stereocenters. The van der Waals surface area contributed by atoms with Crippen LogP contribution in [0.4, 0.5) is 0 Å². The molecule has 0 saturated heterocycles. The molecule has 20 heavy (non-hydrogen) atoms. The number of hydrogen-bond donors (Lipinski definition) is 0. The Kier molecular flexibility index (Phi) is 4.91. The van der Waals surface area contributed by atoms with E-state index in [0.29, 0.717) is 12.8 Å². The molecule has 0 saturated carbocycles. The third kappa shape index (κ3) is 4.25. The van der Waals surface area contributed by atoms with Crippen molar-refractivity contribution in [3.05, 3.63) is 65.5 Å². The van der Waals surface area contributed by atoms with Crippen molar-refractivity contribution in [2.45, 2.75) is 12.8 Å². The summed E-state index contributed by atoms with van der Waals surface area (Å²) < 4.78 is 4.62. The summed E-state index contributed by atoms with van der Waals surface area (Å²) in [5.74, 6) is 5.95. The maximum absolute atomic E-state index is 11.1. The number of aromatic nitrogens is 1. The second kappa shape index (κ2) is 7.10. The number of nitrogens with zero attached hydrogens (tertiary/aromatic N) is 1. The van der Waals surface area contributed by atoms with E-state index in [1.165, 1.54) is 7.11 Å². The number of methoxy groups -OCH3 is 1. The minimum Gasteiger partial charge on any atom is -0.469 e. The molecule has 0 atom stereocenters. The maximum Gasteiger partial charge on any atom is 0.305 e. The Labute approximate surface area is 118 Å². The van der Waals surface area contributed by atoms with E-state index in [2.05, 4.69) is 21.6 Å². The van der Waals surface area contributed by atoms with Gasteiger partial charge in [-0.25, -0.2) is 0 Å². The van der Waals surface area contributed by atoms with Crippen LogP contribution in [-0.4, -0.2) is 18.1 Å². The molecule has 3 nitrogen and oxygen atoms in total. The molecule has 100 valence electrons. The zero-order valence-electron chi connectivity index (χ0n) is 11.3. The monoisotopic (exact) mass is 265 g/mol. The van der Waals surface area contributed by atoms with Crippen LogP contribution in [0.25, 0.3) is 0 Å². The summed E-state index contributed by atoms with van der Waals surface area (Å²) >= 11 is 0. The average Bonchev–Trinajstić information content (AvgIpc) is 2.52. The van der Waals surface area contributed by atoms with E-state index in [-0.39, 0.29) is 5.97 Å². The molecule has 3 heteroatoms. The van der Waals surface area contributed by atoms with E-state index in [4.69, 9.17) is 0 Å². The van der Waals surface area contributed by atoms with Gasteiger partial charge in [-0.15, -0.1) is 0 Å². The first-order valence-corrected chi connectivity index (χ1v) is 6.36. The Morgan fingerprint density at radius 2 is 1.90 bits per heavy atom. The quantitative estimate of drug-likeness (QED) is 0.632. The first-order valence-electron chi connectivity index (χ1n) is 6.36. The van der Waals surface area contributed by atoms with Crippen LogP contribution < -0.4 is 0 Å². The van der Waals surface area contributed by atoms with Gasteiger partial charge in [-0.1, -0.05) is 24.0 Å². The molecule has 0 N–H and O–H groups in total. The van der Waals surface area contributed by atoms with Gasteiger partial charge >= 0.3 is 5.97 Å². The van der Waals surface area contributed by atoms with Gasteiger partial charge < -0.3 is 4.74 Å². The van der Waals surface area contributed by atoms with E-state index >= 15 is 0 Å². The standard InChI is InChI=1S/C17H15NO2/c1-20-17(19)11-10-15-6-4-14(5-7-15)8-9-16-3-2-12-18-13-16/h2-7,12-13H,10-11H2,1H3. The van der Waals surface area contributed by atoms with Crippen LogP contribution >= 0.6 is 0 Å². The van der Waals surface area contributed by atoms with Gasteiger partial charge in [-0.3, -0.25) is 9.78 Å². The van der Waals surface area contributed by atoms with E-state index in [1.807, 2.05) is 36.4 Å². The van der Waals surface area contributed by atoms with E-state index in [9.17, 15) is 4.79 Å². The first-order chi connectivity index (χ1) is 9.78. The minimum absolute atomic E-state index is 0.189. The van der Waals surface area contributed by atoms with Crippen LogP contribution in [0.2, 0.25) is 0 Å². The summed E-state index contributed by atoms with van der Waals surface area (Å²) in [6.07, 6.45) is 4.54. The number of aryl methyl sites for hydroxylation is 1. The fourth-order valence-electron chi connectivity index (χ4n) is 1.68. The molecule has 0 aliphatic carbocycles. The third-order valence-corrected chi connectivity index (χ3v) is 2.81. The Balaban J connectivity index is 1.98. The van der Waals surface area contributed by atoms with Crippen molar-refractivity contribution in [1.29, 1.82) is 0 Å². The predicted octanol–water partition coefficient (Wildman–Crippen LogP) is 2.59. The minimum atomic E-state index is -0.189. The highest BCUT2D eigenvalue weighted by atomic mass is 16.5. The van der Waals surface area contributed by atoms with Gasteiger partial charge in [0.15, 0.2) is 0 Å². The summed E-state index contributed by atoms with van der Waals surface area (Å²) in [6, 6.07) is 11.7. The number of carbonyl (C=O) groups excluding carboxylic acids is 1. The molecule has 0 bridgehead atoms. The van der Waals surface area contributed by atoms with E-state index in [1.54, 1.807) is 12.4 Å². The van der Waals surface area contributed by atoms with Crippen molar-refractivity contribution < 1.29 is 9.53 Å². The molecule has 1 aromatic heterocycles. The normalized spacial score (nSPS) is 9.45. The molecular formula is C17H15NO2. The smallest absolute Gasteiger partial charge is 0.305 e. The molecule has 0 aliphatic rings. The van der Waals surface area contributed by atoms with Crippen LogP contribution in [-0.2, 0) is 16.0 Å². The molecule has 0 aliphatic heterocycles. The lowest BCUT2D eigenvalue weighted by Crippen LogP contribution is -2.01. The first kappa shape index (κ1) is 13.8. The van der Waals surface area contributed by atoms with Crippen LogP contribution in [0.3, 0.4) is 0 Å². The maximum atomic E-state index is 11.1. The largest absolute Gasteiger partial charge is 0.469 e. The van der Waals surface area contributed by atoms with E-state index < -0.39 is 0 Å². The number of carbonyl (C=O) groups is 1. The molecule has 1 aromatic carbocycles. The average molecular weight is 265 g/mol. The summed E-state index contributed by atoms with van der Waals surface area (Å²) in [7, 11) is 1.40. The highest BCUT2D eigenvalue weighted by Crippen LogP contribution is 2.07. The molecule has 0 spiro atoms. The highest BCUT2D eigenvalue weighted by Gasteiger charge is 2.00. The summed E-state index contributed by atoms with van der Waals surface area (Å²) in [6.45, 7) is 0. The van der Waals surface area contributed by atoms with Gasteiger partial charge in [0.25, 0.3) is 0 Å². The number of ether oxygens (including phenoxy) is 1. The van der Waals surface area contributed by atoms with Gasteiger partial charge in [0.1, 0.15) is 0 Å². The molecule has 2 aromatic rings. The van der Waals surface area contributed by atoms with Crippen LogP contribution in [0.15, 0.2) is 48.8 Å². The molecular weight excluding hydrogens is 250 g/mol. The van der Waals surface area contributed by atoms with Gasteiger partial charge in [0.05, 0.1) is 7.11 Å². The van der Waals surface area contributed by atoms with Crippen molar-refractivity contribution in [3.63, 3.8) is 0 Å². The lowest BCUT2D eigenvalue weighted by molar-refractivity contribution is -0.140. The van der Waals surface area contributed by atoms with Crippen LogP contribution in [0.1, 0.15) is 23.1 Å². The topological polar surface area (TPSA) is 39.2 Å². The van der Waals surface area contributed by atoms with Gasteiger partial charge in [-0.2, -0.15) is 0 Å². The van der Waals surface area contributed by atoms with Crippen molar-refractivity contribution in [3.8, 4) is 11.8 Å². The van der Waals surface area contributed by atoms with Crippen molar-refractivity contribution in [1.82, 2.24) is 4.98 Å². The second-order valence-corrected chi connectivity index (χ2v) is 4.26. The van der Waals surface area contributed by atoms with E-state index in [0.717, 1.165) is 16.7 Å². The lowest BCUT2D eigenvalue weighted by Gasteiger charge is -2.00. The molecule has 0 amide bonds. The zero-order valence-corrected chi connectivity index (χ0v) is 11.3. The number of esters is 1. The number of hydrogen-bond acceptors (Lipinski definition) is 3. The van der Waals surface area contributed by atoms with Crippen molar-refractivity contribution in [2.24, 2.45) is 0 Å². The number of rotatable bonds is 3. The zero-order chi connectivity index (χ0) is 14.2. The Morgan fingerprint density at radius 1 is 1.15 bits per heavy atom. The van der Waals surface area contributed by atoms with Gasteiger partial charge in [-0.05, 0) is 36.2 Å². The number of pyridine rings is 1. The SMILES string of the molecule is COC(=O)CCc1ccc(C#Cc2cccnc2)cc1. The Bertz CT molecular complexity index is 622. The molecule has 2 rings (SSSR count). The van der Waals surface area contributed by atoms with Crippen LogP contribution in [0, 0.1) is 11.8 Å². The Morgan fingerprint density at radius 3 is 2.55 bits per heavy atom. The predicted molar refractivity (Wildman–Crippen MR) is 77.0 cm³/mol. The van der Waals surface area contributed by atoms with Crippen LogP contribution in [0.5, 0.6) is 0 Å². The molecule has 0 fully saturated rings. The third-order valence-electron chi connectivity index (χ3n) is 2.81. The summed E-state index contributed by atoms with van der Waals surface area (Å²) in [5.41, 5.74) is 2.93. The van der Waals surface area contributed by atoms with Gasteiger partial charge in [0.2, 0.25) is 0 Å². The summed E-state index contributed by atoms with van der Waals surface area (Å²) in [5, 5.41) is 0. The van der Waals surface area contributed by atoms with Gasteiger partial charge in [0, 0.05) is 29.9 Å². The fourth-order valence-corrected chi connectivity index (χ4v) is 1.68. The molecule has 1 heterocycles. The summed E-state index contributed by atoms with van der Waals surface area (Å²) in [4.78, 5) is 15.1. The second-order valence-electron chi connectivity index (χ2n) is 4.26. The number of benzene rings is 1. The van der Waals surface area contributed by atoms with Crippen molar-refractivity contribution >= 4 is 5.97 Å². The van der Waals surface area contributed by atoms with Crippen molar-refractivity contribution in [2.75, 3.05) is 7.11 Å². The Hall–Kier alpha value is -2.60. The molecule has 0 radical (unpaired) electrons.